The van der Waals surface area contributed by atoms with E-state index in [0.29, 0.717) is 7.25 Å². The van der Waals surface area contributed by atoms with E-state index in [9.17, 15) is 0 Å². The quantitative estimate of drug-likeness (QED) is 0.156. The van der Waals surface area contributed by atoms with Crippen LogP contribution in [0.4, 0.5) is 0 Å². The molecule has 2 unspecified atom stereocenters. The molecule has 0 heterocycles. The second-order valence-corrected chi connectivity index (χ2v) is 47.1. The molecule has 0 amide bonds. The molecule has 0 aromatic heterocycles. The van der Waals surface area contributed by atoms with E-state index in [1.54, 1.807) is 22.3 Å². The first-order valence-electron chi connectivity index (χ1n) is 17.5. The molecule has 4 heteroatoms. The van der Waals surface area contributed by atoms with Crippen LogP contribution in [-0.2, 0) is 17.4 Å². The molecule has 0 saturated heterocycles. The molecule has 0 bridgehead atoms. The fourth-order valence-corrected chi connectivity index (χ4v) is 30.3. The van der Waals surface area contributed by atoms with Gasteiger partial charge in [-0.3, -0.25) is 0 Å². The fourth-order valence-electron chi connectivity index (χ4n) is 9.67. The summed E-state index contributed by atoms with van der Waals surface area (Å²) in [6.45, 7) is 14.6. The van der Waals surface area contributed by atoms with Crippen molar-refractivity contribution < 1.29 is 17.4 Å². The van der Waals surface area contributed by atoms with Gasteiger partial charge < -0.3 is 0 Å². The third kappa shape index (κ3) is 5.67. The second kappa shape index (κ2) is 12.9. The Morgan fingerprint density at radius 2 is 1.04 bits per heavy atom. The average molecular weight is 791 g/mol. The van der Waals surface area contributed by atoms with Crippen LogP contribution in [0.3, 0.4) is 0 Å². The molecule has 2 aliphatic rings. The molecule has 0 fully saturated rings. The van der Waals surface area contributed by atoms with Crippen LogP contribution in [0, 0.1) is 12.3 Å². The van der Waals surface area contributed by atoms with Crippen molar-refractivity contribution >= 4 is 65.4 Å². The van der Waals surface area contributed by atoms with Crippen molar-refractivity contribution in [3.8, 4) is 22.3 Å². The Kier molecular flexibility index (Phi) is 9.48. The average Bonchev–Trinajstić information content (AvgIpc) is 3.65. The van der Waals surface area contributed by atoms with Gasteiger partial charge in [-0.15, -0.1) is 24.8 Å². The first-order chi connectivity index (χ1) is 22.8. The number of aryl methyl sites for hydroxylation is 1. The monoisotopic (exact) mass is 788 g/mol. The van der Waals surface area contributed by atoms with Crippen LogP contribution in [-0.4, -0.2) is 6.88 Å². The van der Waals surface area contributed by atoms with E-state index in [1.807, 2.05) is 0 Å². The Balaban J connectivity index is 0.00000216. The Hall–Kier alpha value is -3.00. The van der Waals surface area contributed by atoms with Crippen molar-refractivity contribution in [1.82, 2.24) is 0 Å². The van der Waals surface area contributed by atoms with E-state index in [4.69, 9.17) is 0 Å². The molecule has 0 aliphatic heterocycles. The second-order valence-electron chi connectivity index (χ2n) is 16.7. The molecule has 6 aromatic carbocycles. The minimum atomic E-state index is -3.82. The van der Waals surface area contributed by atoms with Gasteiger partial charge in [0.1, 0.15) is 0 Å². The molecule has 0 spiro atoms. The summed E-state index contributed by atoms with van der Waals surface area (Å²) < 4.78 is 6.49. The number of rotatable bonds is 4. The first kappa shape index (κ1) is 36.8. The summed E-state index contributed by atoms with van der Waals surface area (Å²) in [6, 6.07) is 43.3. The van der Waals surface area contributed by atoms with Gasteiger partial charge in [-0.1, -0.05) is 0 Å². The SMILES string of the molecule is CC1=Cc2c(-c3cccc4ccccc34)ccc(C)c2[CH]1[Zr]([CH3])([CH3])(=[SiH2])[CH]1C(C(C)(C)C)=Cc2c(-c3cccc4ccccc34)cccc21.Cl.Cl. The predicted octanol–water partition coefficient (Wildman–Crippen LogP) is 13.5. The summed E-state index contributed by atoms with van der Waals surface area (Å²) in [5.41, 5.74) is 16.1. The van der Waals surface area contributed by atoms with Gasteiger partial charge in [0.25, 0.3) is 0 Å². The predicted molar refractivity (Wildman–Crippen MR) is 225 cm³/mol. The van der Waals surface area contributed by atoms with Crippen molar-refractivity contribution in [2.24, 2.45) is 5.41 Å². The van der Waals surface area contributed by atoms with Crippen molar-refractivity contribution in [2.75, 3.05) is 0 Å². The fraction of sp³-hybridized carbons (Fsp3) is 0.217. The number of hydrogen-bond acceptors (Lipinski definition) is 0. The zero-order valence-electron chi connectivity index (χ0n) is 30.3. The van der Waals surface area contributed by atoms with Crippen LogP contribution in [0.2, 0.25) is 9.26 Å². The van der Waals surface area contributed by atoms with Gasteiger partial charge in [0.15, 0.2) is 0 Å². The summed E-state index contributed by atoms with van der Waals surface area (Å²) in [7, 11) is 0. The minimum absolute atomic E-state index is 0. The maximum Gasteiger partial charge on any atom is -0.147 e. The molecule has 254 valence electrons. The molecule has 50 heavy (non-hydrogen) atoms. The van der Waals surface area contributed by atoms with Gasteiger partial charge >= 0.3 is 291 Å². The number of benzene rings is 6. The maximum atomic E-state index is 2.78. The van der Waals surface area contributed by atoms with Gasteiger partial charge in [-0.25, -0.2) is 0 Å². The van der Waals surface area contributed by atoms with Crippen LogP contribution in [0.25, 0.3) is 56.0 Å². The zero-order valence-corrected chi connectivity index (χ0v) is 35.8. The van der Waals surface area contributed by atoms with Crippen molar-refractivity contribution in [2.45, 2.75) is 51.1 Å². The molecule has 0 radical (unpaired) electrons. The molecule has 6 aromatic rings. The first-order valence-corrected chi connectivity index (χ1v) is 31.2. The van der Waals surface area contributed by atoms with E-state index >= 15 is 0 Å². The summed E-state index contributed by atoms with van der Waals surface area (Å²) >= 11 is -3.82. The van der Waals surface area contributed by atoms with Crippen molar-refractivity contribution in [1.29, 1.82) is 0 Å². The maximum absolute atomic E-state index is 3.82. The van der Waals surface area contributed by atoms with Crippen LogP contribution in [0.1, 0.15) is 62.8 Å². The molecule has 0 saturated carbocycles. The zero-order chi connectivity index (χ0) is 33.6. The normalized spacial score (nSPS) is 17.0. The van der Waals surface area contributed by atoms with Gasteiger partial charge in [0.05, 0.1) is 0 Å². The van der Waals surface area contributed by atoms with Gasteiger partial charge in [-0.05, 0) is 0 Å². The molecular weight excluding hydrogens is 743 g/mol. The largest absolute Gasteiger partial charge is 0.147 e. The molecule has 0 N–H and O–H groups in total. The van der Waals surface area contributed by atoms with E-state index in [2.05, 4.69) is 178 Å². The van der Waals surface area contributed by atoms with Crippen LogP contribution >= 0.6 is 24.8 Å². The van der Waals surface area contributed by atoms with E-state index < -0.39 is 17.4 Å². The molecule has 8 rings (SSSR count). The Bertz CT molecular complexity index is 2440. The Labute approximate surface area is 313 Å². The Morgan fingerprint density at radius 1 is 0.540 bits per heavy atom. The summed E-state index contributed by atoms with van der Waals surface area (Å²) in [6.07, 6.45) is 5.20. The van der Waals surface area contributed by atoms with Crippen molar-refractivity contribution in [3.63, 3.8) is 0 Å². The van der Waals surface area contributed by atoms with Crippen LogP contribution in [0.15, 0.2) is 126 Å². The van der Waals surface area contributed by atoms with E-state index in [-0.39, 0.29) is 30.2 Å². The standard InChI is InChI=1S/C23H21.C21H17.2CH3.2ClH.H2Si.Zr/c1-23(2,3)18-14-17-10-7-13-21(22(17)15-18)20-12-6-9-16-8-4-5-11-19(16)20;1-14-12-20-15(2)10-11-19(21(20)13-14)18-9-5-7-16-6-3-4-8-17(16)18;;;;;;/h4-15H,1-3H3;3-13H,1-2H3;2*1H3;2*1H;1H2;. The van der Waals surface area contributed by atoms with E-state index in [1.165, 1.54) is 60.5 Å². The number of fused-ring (bicyclic) bond motifs is 4. The van der Waals surface area contributed by atoms with Crippen LogP contribution < -0.4 is 0 Å². The smallest absolute Gasteiger partial charge is 0.147 e. The van der Waals surface area contributed by atoms with Crippen LogP contribution in [0.5, 0.6) is 0 Å². The number of allylic oxidation sites excluding steroid dienone is 2. The summed E-state index contributed by atoms with van der Waals surface area (Å²) in [5, 5.41) is 5.27. The summed E-state index contributed by atoms with van der Waals surface area (Å²) in [4.78, 5) is 0. The minimum Gasteiger partial charge on any atom is -0.147 e. The molecule has 2 atom stereocenters. The van der Waals surface area contributed by atoms with Gasteiger partial charge in [0.2, 0.25) is 0 Å². The molecule has 0 nitrogen and oxygen atoms in total. The molecular formula is C46H48Cl2SiZr. The van der Waals surface area contributed by atoms with Crippen molar-refractivity contribution in [3.05, 3.63) is 154 Å². The number of hydrogen-bond donors (Lipinski definition) is 0. The van der Waals surface area contributed by atoms with Gasteiger partial charge in [-0.2, -0.15) is 0 Å². The topological polar surface area (TPSA) is 0 Å². The third-order valence-corrected chi connectivity index (χ3v) is 29.1. The third-order valence-electron chi connectivity index (χ3n) is 11.6. The Morgan fingerprint density at radius 3 is 1.62 bits per heavy atom. The number of halogens is 2. The summed E-state index contributed by atoms with van der Waals surface area (Å²) in [5.74, 6) is 0. The van der Waals surface area contributed by atoms with E-state index in [0.717, 1.165) is 0 Å². The van der Waals surface area contributed by atoms with Gasteiger partial charge in [0, 0.05) is 0 Å². The molecule has 2 aliphatic carbocycles.